The van der Waals surface area contributed by atoms with Crippen LogP contribution in [0.25, 0.3) is 0 Å². The van der Waals surface area contributed by atoms with E-state index in [9.17, 15) is 0 Å². The van der Waals surface area contributed by atoms with Gasteiger partial charge >= 0.3 is 0 Å². The van der Waals surface area contributed by atoms with Crippen molar-refractivity contribution in [1.29, 1.82) is 0 Å². The Morgan fingerprint density at radius 3 is 2.43 bits per heavy atom. The van der Waals surface area contributed by atoms with Crippen LogP contribution in [-0.4, -0.2) is 9.78 Å². The summed E-state index contributed by atoms with van der Waals surface area (Å²) >= 11 is 3.47. The van der Waals surface area contributed by atoms with Gasteiger partial charge < -0.3 is 0 Å². The van der Waals surface area contributed by atoms with Crippen molar-refractivity contribution >= 4 is 15.9 Å². The Morgan fingerprint density at radius 2 is 2.07 bits per heavy atom. The zero-order valence-corrected chi connectivity index (χ0v) is 11.2. The van der Waals surface area contributed by atoms with Crippen LogP contribution in [0.2, 0.25) is 0 Å². The number of halogens is 1. The predicted molar refractivity (Wildman–Crippen MR) is 63.8 cm³/mol. The minimum Gasteiger partial charge on any atom is -0.269 e. The van der Waals surface area contributed by atoms with Crippen LogP contribution < -0.4 is 0 Å². The minimum atomic E-state index is 0.252. The molecule has 0 bridgehead atoms. The Hall–Kier alpha value is -0.310. The molecular formula is C11H19BrN2. The molecule has 1 atom stereocenters. The van der Waals surface area contributed by atoms with Gasteiger partial charge in [0.2, 0.25) is 0 Å². The van der Waals surface area contributed by atoms with Crippen molar-refractivity contribution < 1.29 is 0 Å². The van der Waals surface area contributed by atoms with Gasteiger partial charge in [-0.25, -0.2) is 0 Å². The largest absolute Gasteiger partial charge is 0.269 e. The van der Waals surface area contributed by atoms with Gasteiger partial charge in [0.1, 0.15) is 0 Å². The fourth-order valence-electron chi connectivity index (χ4n) is 1.25. The molecule has 1 heterocycles. The summed E-state index contributed by atoms with van der Waals surface area (Å²) in [4.78, 5) is 0. The summed E-state index contributed by atoms with van der Waals surface area (Å²) < 4.78 is 2.08. The molecule has 1 aromatic rings. The van der Waals surface area contributed by atoms with Gasteiger partial charge in [-0.2, -0.15) is 5.10 Å². The van der Waals surface area contributed by atoms with Crippen molar-refractivity contribution in [2.45, 2.75) is 46.0 Å². The number of hydrogen-bond donors (Lipinski definition) is 0. The monoisotopic (exact) mass is 258 g/mol. The molecule has 0 N–H and O–H groups in total. The molecule has 0 saturated carbocycles. The van der Waals surface area contributed by atoms with Gasteiger partial charge in [-0.15, -0.1) is 0 Å². The van der Waals surface area contributed by atoms with E-state index in [2.05, 4.69) is 66.5 Å². The highest BCUT2D eigenvalue weighted by Gasteiger charge is 2.22. The van der Waals surface area contributed by atoms with Crippen LogP contribution in [0.1, 0.15) is 45.0 Å². The molecule has 2 nitrogen and oxygen atoms in total. The van der Waals surface area contributed by atoms with Crippen LogP contribution in [0.4, 0.5) is 0 Å². The first-order valence-electron chi connectivity index (χ1n) is 4.97. The van der Waals surface area contributed by atoms with E-state index in [-0.39, 0.29) is 5.41 Å². The molecule has 0 aliphatic carbocycles. The van der Waals surface area contributed by atoms with E-state index in [4.69, 9.17) is 0 Å². The van der Waals surface area contributed by atoms with Crippen LogP contribution in [0.15, 0.2) is 6.20 Å². The summed E-state index contributed by atoms with van der Waals surface area (Å²) in [6.45, 7) is 11.0. The van der Waals surface area contributed by atoms with E-state index in [1.807, 2.05) is 0 Å². The summed E-state index contributed by atoms with van der Waals surface area (Å²) in [6.07, 6.45) is 2.14. The second-order valence-electron chi connectivity index (χ2n) is 4.90. The summed E-state index contributed by atoms with van der Waals surface area (Å²) in [5.74, 6) is 0. The zero-order chi connectivity index (χ0) is 10.9. The molecule has 80 valence electrons. The summed E-state index contributed by atoms with van der Waals surface area (Å²) in [6, 6.07) is 0.425. The molecule has 0 amide bonds. The van der Waals surface area contributed by atoms with Crippen molar-refractivity contribution in [3.8, 4) is 0 Å². The molecule has 3 heteroatoms. The number of aromatic nitrogens is 2. The third kappa shape index (κ3) is 2.38. The number of hydrogen-bond acceptors (Lipinski definition) is 1. The van der Waals surface area contributed by atoms with E-state index < -0.39 is 0 Å². The standard InChI is InChI=1S/C11H19BrN2/c1-8-10(6-12)7-14(13-8)9(2)11(3,4)5/h7,9H,6H2,1-5H3. The number of alkyl halides is 1. The van der Waals surface area contributed by atoms with Crippen LogP contribution in [0.5, 0.6) is 0 Å². The first-order chi connectivity index (χ1) is 6.36. The average molecular weight is 259 g/mol. The summed E-state index contributed by atoms with van der Waals surface area (Å²) in [7, 11) is 0. The molecule has 0 saturated heterocycles. The Bertz CT molecular complexity index is 310. The predicted octanol–water partition coefficient (Wildman–Crippen LogP) is 3.69. The fourth-order valence-corrected chi connectivity index (χ4v) is 1.80. The maximum absolute atomic E-state index is 4.53. The lowest BCUT2D eigenvalue weighted by Gasteiger charge is -2.27. The van der Waals surface area contributed by atoms with Gasteiger partial charge in [0, 0.05) is 17.1 Å². The maximum Gasteiger partial charge on any atom is 0.0634 e. The first-order valence-corrected chi connectivity index (χ1v) is 6.09. The van der Waals surface area contributed by atoms with Gasteiger partial charge in [-0.05, 0) is 19.3 Å². The van der Waals surface area contributed by atoms with Crippen molar-refractivity contribution in [2.24, 2.45) is 5.41 Å². The normalized spacial score (nSPS) is 14.4. The van der Waals surface area contributed by atoms with Crippen molar-refractivity contribution in [3.63, 3.8) is 0 Å². The lowest BCUT2D eigenvalue weighted by Crippen LogP contribution is -2.21. The molecule has 0 aliphatic rings. The molecule has 1 rings (SSSR count). The third-order valence-electron chi connectivity index (χ3n) is 2.81. The second kappa shape index (κ2) is 4.05. The third-order valence-corrected chi connectivity index (χ3v) is 3.42. The molecular weight excluding hydrogens is 240 g/mol. The van der Waals surface area contributed by atoms with Gasteiger partial charge in [0.25, 0.3) is 0 Å². The molecule has 0 radical (unpaired) electrons. The van der Waals surface area contributed by atoms with E-state index >= 15 is 0 Å². The van der Waals surface area contributed by atoms with E-state index in [0.717, 1.165) is 11.0 Å². The topological polar surface area (TPSA) is 17.8 Å². The quantitative estimate of drug-likeness (QED) is 0.740. The number of rotatable bonds is 2. The maximum atomic E-state index is 4.53. The van der Waals surface area contributed by atoms with E-state index in [0.29, 0.717) is 6.04 Å². The zero-order valence-electron chi connectivity index (χ0n) is 9.63. The first kappa shape index (κ1) is 11.8. The van der Waals surface area contributed by atoms with Crippen LogP contribution in [-0.2, 0) is 5.33 Å². The van der Waals surface area contributed by atoms with E-state index in [1.54, 1.807) is 0 Å². The molecule has 0 spiro atoms. The Labute approximate surface area is 94.8 Å². The second-order valence-corrected chi connectivity index (χ2v) is 5.46. The van der Waals surface area contributed by atoms with Gasteiger partial charge in [0.05, 0.1) is 11.7 Å². The Balaban J connectivity index is 2.97. The fraction of sp³-hybridized carbons (Fsp3) is 0.727. The number of aryl methyl sites for hydroxylation is 1. The lowest BCUT2D eigenvalue weighted by molar-refractivity contribution is 0.244. The highest BCUT2D eigenvalue weighted by molar-refractivity contribution is 9.08. The SMILES string of the molecule is Cc1nn(C(C)C(C)(C)C)cc1CBr. The Morgan fingerprint density at radius 1 is 1.50 bits per heavy atom. The minimum absolute atomic E-state index is 0.252. The molecule has 0 fully saturated rings. The molecule has 14 heavy (non-hydrogen) atoms. The van der Waals surface area contributed by atoms with Gasteiger partial charge in [-0.3, -0.25) is 4.68 Å². The van der Waals surface area contributed by atoms with Crippen molar-refractivity contribution in [2.75, 3.05) is 0 Å². The Kier molecular flexibility index (Phi) is 3.40. The number of nitrogens with zero attached hydrogens (tertiary/aromatic N) is 2. The molecule has 1 unspecified atom stereocenters. The van der Waals surface area contributed by atoms with E-state index in [1.165, 1.54) is 5.56 Å². The van der Waals surface area contributed by atoms with Crippen LogP contribution in [0.3, 0.4) is 0 Å². The molecule has 0 aliphatic heterocycles. The average Bonchev–Trinajstić information content (AvgIpc) is 2.43. The van der Waals surface area contributed by atoms with Crippen LogP contribution in [0, 0.1) is 12.3 Å². The highest BCUT2D eigenvalue weighted by Crippen LogP contribution is 2.30. The lowest BCUT2D eigenvalue weighted by atomic mass is 9.88. The van der Waals surface area contributed by atoms with Gasteiger partial charge in [-0.1, -0.05) is 36.7 Å². The summed E-state index contributed by atoms with van der Waals surface area (Å²) in [5, 5.41) is 5.42. The van der Waals surface area contributed by atoms with Crippen LogP contribution >= 0.6 is 15.9 Å². The van der Waals surface area contributed by atoms with Crippen molar-refractivity contribution in [3.05, 3.63) is 17.5 Å². The summed E-state index contributed by atoms with van der Waals surface area (Å²) in [5.41, 5.74) is 2.65. The van der Waals surface area contributed by atoms with Gasteiger partial charge in [0.15, 0.2) is 0 Å². The smallest absolute Gasteiger partial charge is 0.0634 e. The molecule has 1 aromatic heterocycles. The van der Waals surface area contributed by atoms with Crippen molar-refractivity contribution in [1.82, 2.24) is 9.78 Å². The molecule has 0 aromatic carbocycles. The highest BCUT2D eigenvalue weighted by atomic mass is 79.9.